The van der Waals surface area contributed by atoms with E-state index in [1.54, 1.807) is 0 Å². The molecule has 78 valence electrons. The van der Waals surface area contributed by atoms with Crippen LogP contribution in [0, 0.1) is 5.92 Å². The first-order valence-corrected chi connectivity index (χ1v) is 5.67. The fourth-order valence-electron chi connectivity index (χ4n) is 1.59. The van der Waals surface area contributed by atoms with E-state index in [1.807, 2.05) is 0 Å². The molecular weight excluding hydrogens is 158 g/mol. The average molecular weight is 183 g/mol. The molecule has 1 unspecified atom stereocenters. The Balaban J connectivity index is 3.31. The molecule has 0 aliphatic carbocycles. The summed E-state index contributed by atoms with van der Waals surface area (Å²) in [7, 11) is 0. The van der Waals surface area contributed by atoms with E-state index in [-0.39, 0.29) is 0 Å². The molecule has 2 N–H and O–H groups in total. The predicted octanol–water partition coefficient (Wildman–Crippen LogP) is 3.50. The van der Waals surface area contributed by atoms with E-state index in [1.165, 1.54) is 38.5 Å². The summed E-state index contributed by atoms with van der Waals surface area (Å²) in [6.07, 6.45) is 11.2. The van der Waals surface area contributed by atoms with Gasteiger partial charge in [-0.05, 0) is 31.7 Å². The lowest BCUT2D eigenvalue weighted by Crippen LogP contribution is -2.03. The van der Waals surface area contributed by atoms with E-state index in [4.69, 9.17) is 5.73 Å². The molecule has 0 aliphatic rings. The van der Waals surface area contributed by atoms with E-state index < -0.39 is 0 Å². The molecule has 0 radical (unpaired) electrons. The van der Waals surface area contributed by atoms with E-state index in [9.17, 15) is 0 Å². The second-order valence-corrected chi connectivity index (χ2v) is 3.78. The SMILES string of the molecule is C=CC(CCCN)CCCCCC. The van der Waals surface area contributed by atoms with Gasteiger partial charge >= 0.3 is 0 Å². The molecule has 1 heteroatoms. The zero-order valence-corrected chi connectivity index (χ0v) is 9.10. The van der Waals surface area contributed by atoms with Gasteiger partial charge in [0, 0.05) is 0 Å². The zero-order valence-electron chi connectivity index (χ0n) is 9.10. The van der Waals surface area contributed by atoms with Crippen LogP contribution in [0.2, 0.25) is 0 Å². The van der Waals surface area contributed by atoms with E-state index in [0.717, 1.165) is 13.0 Å². The van der Waals surface area contributed by atoms with Gasteiger partial charge in [-0.1, -0.05) is 38.7 Å². The van der Waals surface area contributed by atoms with Gasteiger partial charge in [0.1, 0.15) is 0 Å². The van der Waals surface area contributed by atoms with Crippen LogP contribution in [0.5, 0.6) is 0 Å². The van der Waals surface area contributed by atoms with Crippen molar-refractivity contribution in [1.82, 2.24) is 0 Å². The molecular formula is C12H25N. The maximum atomic E-state index is 5.47. The van der Waals surface area contributed by atoms with Crippen LogP contribution in [0.1, 0.15) is 51.9 Å². The van der Waals surface area contributed by atoms with Crippen LogP contribution in [-0.4, -0.2) is 6.54 Å². The Hall–Kier alpha value is -0.300. The minimum absolute atomic E-state index is 0.709. The lowest BCUT2D eigenvalue weighted by atomic mass is 9.96. The fraction of sp³-hybridized carbons (Fsp3) is 0.833. The van der Waals surface area contributed by atoms with Gasteiger partial charge in [-0.15, -0.1) is 6.58 Å². The van der Waals surface area contributed by atoms with Gasteiger partial charge in [-0.25, -0.2) is 0 Å². The van der Waals surface area contributed by atoms with Crippen molar-refractivity contribution in [2.24, 2.45) is 11.7 Å². The highest BCUT2D eigenvalue weighted by atomic mass is 14.5. The van der Waals surface area contributed by atoms with Crippen LogP contribution < -0.4 is 5.73 Å². The normalized spacial score (nSPS) is 12.8. The van der Waals surface area contributed by atoms with E-state index in [0.29, 0.717) is 5.92 Å². The quantitative estimate of drug-likeness (QED) is 0.430. The fourth-order valence-corrected chi connectivity index (χ4v) is 1.59. The third-order valence-corrected chi connectivity index (χ3v) is 2.54. The Labute approximate surface area is 83.4 Å². The van der Waals surface area contributed by atoms with Gasteiger partial charge in [0.05, 0.1) is 0 Å². The van der Waals surface area contributed by atoms with Crippen molar-refractivity contribution in [2.45, 2.75) is 51.9 Å². The molecule has 0 saturated heterocycles. The van der Waals surface area contributed by atoms with Crippen LogP contribution in [0.3, 0.4) is 0 Å². The third-order valence-electron chi connectivity index (χ3n) is 2.54. The lowest BCUT2D eigenvalue weighted by molar-refractivity contribution is 0.490. The number of hydrogen-bond donors (Lipinski definition) is 1. The lowest BCUT2D eigenvalue weighted by Gasteiger charge is -2.10. The van der Waals surface area contributed by atoms with Crippen molar-refractivity contribution in [1.29, 1.82) is 0 Å². The van der Waals surface area contributed by atoms with Crippen molar-refractivity contribution in [2.75, 3.05) is 6.54 Å². The van der Waals surface area contributed by atoms with Gasteiger partial charge in [0.25, 0.3) is 0 Å². The van der Waals surface area contributed by atoms with Crippen LogP contribution in [-0.2, 0) is 0 Å². The van der Waals surface area contributed by atoms with Crippen LogP contribution >= 0.6 is 0 Å². The van der Waals surface area contributed by atoms with Crippen LogP contribution in [0.15, 0.2) is 12.7 Å². The van der Waals surface area contributed by atoms with Crippen LogP contribution in [0.4, 0.5) is 0 Å². The van der Waals surface area contributed by atoms with Crippen molar-refractivity contribution in [3.63, 3.8) is 0 Å². The summed E-state index contributed by atoms with van der Waals surface area (Å²) < 4.78 is 0. The van der Waals surface area contributed by atoms with E-state index >= 15 is 0 Å². The molecule has 1 nitrogen and oxygen atoms in total. The van der Waals surface area contributed by atoms with Crippen LogP contribution in [0.25, 0.3) is 0 Å². The van der Waals surface area contributed by atoms with Gasteiger partial charge in [-0.2, -0.15) is 0 Å². The summed E-state index contributed by atoms with van der Waals surface area (Å²) in [5, 5.41) is 0. The summed E-state index contributed by atoms with van der Waals surface area (Å²) in [4.78, 5) is 0. The molecule has 1 atom stereocenters. The zero-order chi connectivity index (χ0) is 9.94. The van der Waals surface area contributed by atoms with Gasteiger partial charge in [0.2, 0.25) is 0 Å². The number of hydrogen-bond acceptors (Lipinski definition) is 1. The summed E-state index contributed by atoms with van der Waals surface area (Å²) in [6.45, 7) is 6.94. The minimum atomic E-state index is 0.709. The van der Waals surface area contributed by atoms with E-state index in [2.05, 4.69) is 19.6 Å². The monoisotopic (exact) mass is 183 g/mol. The molecule has 0 aromatic rings. The molecule has 0 bridgehead atoms. The Morgan fingerprint density at radius 2 is 1.85 bits per heavy atom. The number of unbranched alkanes of at least 4 members (excludes halogenated alkanes) is 3. The molecule has 0 spiro atoms. The minimum Gasteiger partial charge on any atom is -0.330 e. The Kier molecular flexibility index (Phi) is 9.56. The smallest absolute Gasteiger partial charge is 0.00771 e. The molecule has 0 aliphatic heterocycles. The Morgan fingerprint density at radius 3 is 2.38 bits per heavy atom. The highest BCUT2D eigenvalue weighted by molar-refractivity contribution is 4.78. The second kappa shape index (κ2) is 9.79. The maximum Gasteiger partial charge on any atom is -0.00771 e. The predicted molar refractivity (Wildman–Crippen MR) is 60.7 cm³/mol. The molecule has 0 saturated carbocycles. The first-order valence-electron chi connectivity index (χ1n) is 5.67. The van der Waals surface area contributed by atoms with Gasteiger partial charge in [-0.3, -0.25) is 0 Å². The molecule has 0 amide bonds. The Morgan fingerprint density at radius 1 is 1.15 bits per heavy atom. The first kappa shape index (κ1) is 12.7. The number of nitrogens with two attached hydrogens (primary N) is 1. The average Bonchev–Trinajstić information content (AvgIpc) is 2.17. The molecule has 0 aromatic carbocycles. The van der Waals surface area contributed by atoms with Gasteiger partial charge < -0.3 is 5.73 Å². The summed E-state index contributed by atoms with van der Waals surface area (Å²) in [5.74, 6) is 0.709. The van der Waals surface area contributed by atoms with Crippen molar-refractivity contribution in [3.05, 3.63) is 12.7 Å². The summed E-state index contributed by atoms with van der Waals surface area (Å²) >= 11 is 0. The highest BCUT2D eigenvalue weighted by Crippen LogP contribution is 2.16. The Bertz CT molecular complexity index is 110. The standard InChI is InChI=1S/C12H25N/c1-3-5-6-7-9-12(4-2)10-8-11-13/h4,12H,2-3,5-11,13H2,1H3. The summed E-state index contributed by atoms with van der Waals surface area (Å²) in [5.41, 5.74) is 5.47. The number of rotatable bonds is 9. The third kappa shape index (κ3) is 8.04. The molecule has 0 heterocycles. The molecule has 13 heavy (non-hydrogen) atoms. The van der Waals surface area contributed by atoms with Crippen molar-refractivity contribution in [3.8, 4) is 0 Å². The largest absolute Gasteiger partial charge is 0.330 e. The topological polar surface area (TPSA) is 26.0 Å². The number of allylic oxidation sites excluding steroid dienone is 1. The van der Waals surface area contributed by atoms with Crippen molar-refractivity contribution < 1.29 is 0 Å². The molecule has 0 aromatic heterocycles. The maximum absolute atomic E-state index is 5.47. The molecule has 0 fully saturated rings. The van der Waals surface area contributed by atoms with Gasteiger partial charge in [0.15, 0.2) is 0 Å². The highest BCUT2D eigenvalue weighted by Gasteiger charge is 2.02. The summed E-state index contributed by atoms with van der Waals surface area (Å²) in [6, 6.07) is 0. The first-order chi connectivity index (χ1) is 6.35. The van der Waals surface area contributed by atoms with Crippen molar-refractivity contribution >= 4 is 0 Å². The molecule has 0 rings (SSSR count). The second-order valence-electron chi connectivity index (χ2n) is 3.78.